The Morgan fingerprint density at radius 1 is 1.35 bits per heavy atom. The van der Waals surface area contributed by atoms with Gasteiger partial charge in [-0.25, -0.2) is 4.98 Å². The standard InChI is InChI=1S/C12H20N4O/c1-3-6-14-7-8-15-12-10(11(13)17)5-4-9(2)16-12/h4-5,14H,3,6-8H2,1-2H3,(H2,13,17)(H,15,16). The van der Waals surface area contributed by atoms with Gasteiger partial charge in [0, 0.05) is 18.8 Å². The third-order valence-corrected chi connectivity index (χ3v) is 2.32. The number of nitrogens with two attached hydrogens (primary N) is 1. The summed E-state index contributed by atoms with van der Waals surface area (Å²) in [6.07, 6.45) is 1.11. The SMILES string of the molecule is CCCNCCNc1nc(C)ccc1C(N)=O. The average molecular weight is 236 g/mol. The predicted octanol–water partition coefficient (Wildman–Crippen LogP) is 0.900. The summed E-state index contributed by atoms with van der Waals surface area (Å²) in [7, 11) is 0. The van der Waals surface area contributed by atoms with Crippen LogP contribution in [0.2, 0.25) is 0 Å². The summed E-state index contributed by atoms with van der Waals surface area (Å²) in [6.45, 7) is 6.54. The molecule has 0 saturated carbocycles. The molecule has 0 unspecified atom stereocenters. The first kappa shape index (κ1) is 13.4. The van der Waals surface area contributed by atoms with Crippen molar-refractivity contribution in [1.82, 2.24) is 10.3 Å². The van der Waals surface area contributed by atoms with Crippen molar-refractivity contribution >= 4 is 11.7 Å². The zero-order valence-corrected chi connectivity index (χ0v) is 10.4. The highest BCUT2D eigenvalue weighted by Gasteiger charge is 2.08. The van der Waals surface area contributed by atoms with Gasteiger partial charge in [0.05, 0.1) is 5.56 Å². The monoisotopic (exact) mass is 236 g/mol. The van der Waals surface area contributed by atoms with Crippen molar-refractivity contribution in [2.45, 2.75) is 20.3 Å². The quantitative estimate of drug-likeness (QED) is 0.614. The smallest absolute Gasteiger partial charge is 0.252 e. The third kappa shape index (κ3) is 4.40. The molecule has 0 aliphatic heterocycles. The normalized spacial score (nSPS) is 10.2. The molecule has 0 bridgehead atoms. The summed E-state index contributed by atoms with van der Waals surface area (Å²) < 4.78 is 0. The number of carbonyl (C=O) groups excluding carboxylic acids is 1. The zero-order chi connectivity index (χ0) is 12.7. The van der Waals surface area contributed by atoms with Crippen LogP contribution in [0.3, 0.4) is 0 Å². The summed E-state index contributed by atoms with van der Waals surface area (Å²) in [6, 6.07) is 3.48. The van der Waals surface area contributed by atoms with Crippen LogP contribution in [0, 0.1) is 6.92 Å². The predicted molar refractivity (Wildman–Crippen MR) is 69.1 cm³/mol. The van der Waals surface area contributed by atoms with E-state index < -0.39 is 5.91 Å². The molecule has 0 fully saturated rings. The maximum absolute atomic E-state index is 11.2. The first-order valence-corrected chi connectivity index (χ1v) is 5.87. The van der Waals surface area contributed by atoms with Gasteiger partial charge in [0.1, 0.15) is 5.82 Å². The highest BCUT2D eigenvalue weighted by Crippen LogP contribution is 2.12. The zero-order valence-electron chi connectivity index (χ0n) is 10.4. The lowest BCUT2D eigenvalue weighted by Crippen LogP contribution is -2.24. The Labute approximate surface area is 102 Å². The van der Waals surface area contributed by atoms with Gasteiger partial charge in [-0.1, -0.05) is 6.92 Å². The van der Waals surface area contributed by atoms with Crippen LogP contribution in [0.15, 0.2) is 12.1 Å². The van der Waals surface area contributed by atoms with Crippen molar-refractivity contribution in [1.29, 1.82) is 0 Å². The Morgan fingerprint density at radius 3 is 2.76 bits per heavy atom. The number of amides is 1. The summed E-state index contributed by atoms with van der Waals surface area (Å²) >= 11 is 0. The molecule has 1 heterocycles. The van der Waals surface area contributed by atoms with E-state index in [1.807, 2.05) is 6.92 Å². The van der Waals surface area contributed by atoms with Crippen LogP contribution in [0.25, 0.3) is 0 Å². The van der Waals surface area contributed by atoms with E-state index in [0.29, 0.717) is 11.4 Å². The third-order valence-electron chi connectivity index (χ3n) is 2.32. The van der Waals surface area contributed by atoms with Crippen LogP contribution in [0.4, 0.5) is 5.82 Å². The van der Waals surface area contributed by atoms with Crippen LogP contribution < -0.4 is 16.4 Å². The molecule has 0 radical (unpaired) electrons. The summed E-state index contributed by atoms with van der Waals surface area (Å²) in [5.74, 6) is 0.109. The van der Waals surface area contributed by atoms with Gasteiger partial charge in [0.25, 0.3) is 5.91 Å². The van der Waals surface area contributed by atoms with E-state index in [1.54, 1.807) is 12.1 Å². The van der Waals surface area contributed by atoms with Crippen LogP contribution in [-0.2, 0) is 0 Å². The Bertz CT molecular complexity index is 379. The van der Waals surface area contributed by atoms with Crippen LogP contribution >= 0.6 is 0 Å². The lowest BCUT2D eigenvalue weighted by molar-refractivity contribution is 0.100. The fourth-order valence-corrected chi connectivity index (χ4v) is 1.46. The van der Waals surface area contributed by atoms with Crippen molar-refractivity contribution in [3.63, 3.8) is 0 Å². The number of primary amides is 1. The second-order valence-corrected chi connectivity index (χ2v) is 3.89. The number of aromatic nitrogens is 1. The number of anilines is 1. The van der Waals surface area contributed by atoms with Gasteiger partial charge in [-0.15, -0.1) is 0 Å². The molecule has 0 spiro atoms. The molecule has 0 aliphatic carbocycles. The maximum atomic E-state index is 11.2. The highest BCUT2D eigenvalue weighted by atomic mass is 16.1. The van der Waals surface area contributed by atoms with E-state index in [2.05, 4.69) is 22.5 Å². The highest BCUT2D eigenvalue weighted by molar-refractivity contribution is 5.97. The van der Waals surface area contributed by atoms with Gasteiger partial charge in [-0.05, 0) is 32.0 Å². The number of rotatable bonds is 7. The van der Waals surface area contributed by atoms with Crippen molar-refractivity contribution in [2.24, 2.45) is 5.73 Å². The molecule has 4 N–H and O–H groups in total. The van der Waals surface area contributed by atoms with Crippen molar-refractivity contribution in [3.05, 3.63) is 23.4 Å². The molecular weight excluding hydrogens is 216 g/mol. The fraction of sp³-hybridized carbons (Fsp3) is 0.500. The average Bonchev–Trinajstić information content (AvgIpc) is 2.28. The van der Waals surface area contributed by atoms with Crippen molar-refractivity contribution < 1.29 is 4.79 Å². The maximum Gasteiger partial charge on any atom is 0.252 e. The topological polar surface area (TPSA) is 80.0 Å². The number of hydrogen-bond donors (Lipinski definition) is 3. The molecular formula is C12H20N4O. The van der Waals surface area contributed by atoms with Gasteiger partial charge < -0.3 is 16.4 Å². The molecule has 5 heteroatoms. The van der Waals surface area contributed by atoms with E-state index in [0.717, 1.165) is 31.7 Å². The number of aryl methyl sites for hydroxylation is 1. The largest absolute Gasteiger partial charge is 0.368 e. The first-order valence-electron chi connectivity index (χ1n) is 5.87. The lowest BCUT2D eigenvalue weighted by Gasteiger charge is -2.10. The van der Waals surface area contributed by atoms with Gasteiger partial charge in [0.15, 0.2) is 0 Å². The van der Waals surface area contributed by atoms with E-state index in [4.69, 9.17) is 5.73 Å². The molecule has 0 saturated heterocycles. The first-order chi connectivity index (χ1) is 8.15. The molecule has 17 heavy (non-hydrogen) atoms. The molecule has 0 atom stereocenters. The number of pyridine rings is 1. The summed E-state index contributed by atoms with van der Waals surface area (Å²) in [4.78, 5) is 15.5. The molecule has 1 aromatic heterocycles. The van der Waals surface area contributed by atoms with E-state index >= 15 is 0 Å². The number of carbonyl (C=O) groups is 1. The second kappa shape index (κ2) is 6.85. The molecule has 1 rings (SSSR count). The van der Waals surface area contributed by atoms with Gasteiger partial charge in [-0.2, -0.15) is 0 Å². The minimum absolute atomic E-state index is 0.436. The fourth-order valence-electron chi connectivity index (χ4n) is 1.46. The van der Waals surface area contributed by atoms with Gasteiger partial charge >= 0.3 is 0 Å². The number of nitrogens with zero attached hydrogens (tertiary/aromatic N) is 1. The van der Waals surface area contributed by atoms with Crippen LogP contribution in [0.1, 0.15) is 29.4 Å². The van der Waals surface area contributed by atoms with Crippen molar-refractivity contribution in [3.8, 4) is 0 Å². The number of nitrogens with one attached hydrogen (secondary N) is 2. The molecule has 0 aliphatic rings. The summed E-state index contributed by atoms with van der Waals surface area (Å²) in [5.41, 5.74) is 6.58. The minimum Gasteiger partial charge on any atom is -0.368 e. The minimum atomic E-state index is -0.457. The Kier molecular flexibility index (Phi) is 5.42. The molecule has 1 aromatic rings. The van der Waals surface area contributed by atoms with Crippen LogP contribution in [-0.4, -0.2) is 30.5 Å². The Balaban J connectivity index is 2.56. The summed E-state index contributed by atoms with van der Waals surface area (Å²) in [5, 5.41) is 6.38. The molecule has 0 aromatic carbocycles. The molecule has 1 amide bonds. The van der Waals surface area contributed by atoms with E-state index in [1.165, 1.54) is 0 Å². The van der Waals surface area contributed by atoms with E-state index in [-0.39, 0.29) is 0 Å². The second-order valence-electron chi connectivity index (χ2n) is 3.89. The number of hydrogen-bond acceptors (Lipinski definition) is 4. The molecule has 94 valence electrons. The Hall–Kier alpha value is -1.62. The Morgan fingerprint density at radius 2 is 2.12 bits per heavy atom. The van der Waals surface area contributed by atoms with Crippen molar-refractivity contribution in [2.75, 3.05) is 25.0 Å². The van der Waals surface area contributed by atoms with Gasteiger partial charge in [0.2, 0.25) is 0 Å². The van der Waals surface area contributed by atoms with Crippen LogP contribution in [0.5, 0.6) is 0 Å². The van der Waals surface area contributed by atoms with E-state index in [9.17, 15) is 4.79 Å². The molecule has 5 nitrogen and oxygen atoms in total. The van der Waals surface area contributed by atoms with Gasteiger partial charge in [-0.3, -0.25) is 4.79 Å². The lowest BCUT2D eigenvalue weighted by atomic mass is 10.2.